The molecule has 0 unspecified atom stereocenters. The minimum Gasteiger partial charge on any atom is -0.294 e. The number of carbonyl (C=O) groups excluding carboxylic acids is 1. The van der Waals surface area contributed by atoms with Crippen LogP contribution in [0.3, 0.4) is 0 Å². The first-order valence-corrected chi connectivity index (χ1v) is 2.93. The number of nitrogens with two attached hydrogens (primary N) is 1. The van der Waals surface area contributed by atoms with Crippen molar-refractivity contribution in [3.05, 3.63) is 0 Å². The van der Waals surface area contributed by atoms with Gasteiger partial charge in [0, 0.05) is 12.8 Å². The molecule has 1 rings (SSSR count). The van der Waals surface area contributed by atoms with Crippen molar-refractivity contribution in [2.24, 2.45) is 11.8 Å². The second-order valence-electron chi connectivity index (χ2n) is 2.47. The van der Waals surface area contributed by atoms with E-state index in [1.165, 1.54) is 0 Å². The van der Waals surface area contributed by atoms with Gasteiger partial charge in [-0.1, -0.05) is 0 Å². The van der Waals surface area contributed by atoms with E-state index in [0.717, 1.165) is 0 Å². The Hall–Kier alpha value is -0.710. The molecule has 1 fully saturated rings. The van der Waals surface area contributed by atoms with Crippen molar-refractivity contribution in [3.63, 3.8) is 0 Å². The Morgan fingerprint density at radius 3 is 2.40 bits per heavy atom. The third-order valence-electron chi connectivity index (χ3n) is 1.60. The minimum absolute atomic E-state index is 0.365. The van der Waals surface area contributed by atoms with E-state index >= 15 is 0 Å². The lowest BCUT2D eigenvalue weighted by atomic mass is 9.81. The third kappa shape index (κ3) is 1.23. The molecule has 1 saturated carbocycles. The maximum absolute atomic E-state index is 12.1. The van der Waals surface area contributed by atoms with Crippen LogP contribution in [-0.4, -0.2) is 11.8 Å². The van der Waals surface area contributed by atoms with E-state index in [9.17, 15) is 13.6 Å². The van der Waals surface area contributed by atoms with Gasteiger partial charge in [0.1, 0.15) is 0 Å². The first-order valence-electron chi connectivity index (χ1n) is 2.93. The van der Waals surface area contributed by atoms with E-state index in [2.05, 4.69) is 0 Å². The zero-order valence-electron chi connectivity index (χ0n) is 5.23. The largest absolute Gasteiger partial charge is 0.294 e. The van der Waals surface area contributed by atoms with Crippen molar-refractivity contribution in [1.82, 2.24) is 5.43 Å². The molecule has 0 aliphatic heterocycles. The molecule has 0 aromatic heterocycles. The lowest BCUT2D eigenvalue weighted by molar-refractivity contribution is -0.150. The van der Waals surface area contributed by atoms with Gasteiger partial charge in [-0.3, -0.25) is 10.2 Å². The van der Waals surface area contributed by atoms with Gasteiger partial charge in [-0.15, -0.1) is 0 Å². The fraction of sp³-hybridized carbons (Fsp3) is 0.800. The van der Waals surface area contributed by atoms with Crippen LogP contribution in [0.5, 0.6) is 0 Å². The van der Waals surface area contributed by atoms with Crippen molar-refractivity contribution in [2.75, 3.05) is 0 Å². The highest BCUT2D eigenvalue weighted by molar-refractivity contribution is 5.79. The van der Waals surface area contributed by atoms with Crippen molar-refractivity contribution in [2.45, 2.75) is 18.8 Å². The number of nitrogens with one attached hydrogen (secondary N) is 1. The number of hydrogen-bond acceptors (Lipinski definition) is 2. The minimum atomic E-state index is -2.64. The molecule has 0 atom stereocenters. The van der Waals surface area contributed by atoms with Crippen LogP contribution in [0.25, 0.3) is 0 Å². The molecule has 0 aromatic rings. The molecule has 3 nitrogen and oxygen atoms in total. The highest BCUT2D eigenvalue weighted by Crippen LogP contribution is 2.42. The smallest absolute Gasteiger partial charge is 0.249 e. The number of halogens is 2. The van der Waals surface area contributed by atoms with Crippen LogP contribution < -0.4 is 11.3 Å². The van der Waals surface area contributed by atoms with Crippen molar-refractivity contribution >= 4 is 5.91 Å². The molecule has 3 N–H and O–H groups in total. The summed E-state index contributed by atoms with van der Waals surface area (Å²) in [6.07, 6.45) is -0.730. The van der Waals surface area contributed by atoms with Crippen LogP contribution in [0.2, 0.25) is 0 Å². The van der Waals surface area contributed by atoms with Gasteiger partial charge in [-0.05, 0) is 0 Å². The van der Waals surface area contributed by atoms with E-state index in [4.69, 9.17) is 5.84 Å². The van der Waals surface area contributed by atoms with Crippen LogP contribution in [0.15, 0.2) is 0 Å². The molecule has 5 heteroatoms. The van der Waals surface area contributed by atoms with Gasteiger partial charge in [-0.2, -0.15) is 0 Å². The van der Waals surface area contributed by atoms with Gasteiger partial charge in [0.25, 0.3) is 0 Å². The second kappa shape index (κ2) is 2.16. The molecule has 1 aliphatic rings. The highest BCUT2D eigenvalue weighted by atomic mass is 19.3. The summed E-state index contributed by atoms with van der Waals surface area (Å²) < 4.78 is 24.1. The van der Waals surface area contributed by atoms with E-state index in [-0.39, 0.29) is 12.8 Å². The highest BCUT2D eigenvalue weighted by Gasteiger charge is 2.48. The average Bonchev–Trinajstić information content (AvgIpc) is 1.81. The number of carbonyl (C=O) groups is 1. The molecule has 0 aromatic carbocycles. The number of rotatable bonds is 1. The molecular formula is C5H8F2N2O. The van der Waals surface area contributed by atoms with Gasteiger partial charge in [0.2, 0.25) is 11.8 Å². The quantitative estimate of drug-likeness (QED) is 0.314. The zero-order chi connectivity index (χ0) is 7.78. The lowest BCUT2D eigenvalue weighted by Crippen LogP contribution is -2.46. The Kier molecular flexibility index (Phi) is 1.60. The van der Waals surface area contributed by atoms with E-state index in [1.54, 1.807) is 0 Å². The average molecular weight is 150 g/mol. The summed E-state index contributed by atoms with van der Waals surface area (Å²) in [6.45, 7) is 0. The molecule has 0 bridgehead atoms. The van der Waals surface area contributed by atoms with E-state index < -0.39 is 17.7 Å². The number of alkyl halides is 2. The molecule has 1 amide bonds. The molecule has 0 spiro atoms. The molecule has 0 saturated heterocycles. The molecular weight excluding hydrogens is 142 g/mol. The Morgan fingerprint density at radius 2 is 2.10 bits per heavy atom. The first kappa shape index (κ1) is 7.40. The SMILES string of the molecule is NNC(=O)C1CC(F)(F)C1. The number of hydrazine groups is 1. The topological polar surface area (TPSA) is 55.1 Å². The summed E-state index contributed by atoms with van der Waals surface area (Å²) in [4.78, 5) is 10.5. The Bertz CT molecular complexity index is 152. The van der Waals surface area contributed by atoms with E-state index in [0.29, 0.717) is 0 Å². The predicted octanol–water partition coefficient (Wildman–Crippen LogP) is 0.0216. The van der Waals surface area contributed by atoms with Crippen LogP contribution in [0, 0.1) is 5.92 Å². The molecule has 58 valence electrons. The normalized spacial score (nSPS) is 23.5. The van der Waals surface area contributed by atoms with Crippen molar-refractivity contribution in [3.8, 4) is 0 Å². The monoisotopic (exact) mass is 150 g/mol. The lowest BCUT2D eigenvalue weighted by Gasteiger charge is -2.32. The van der Waals surface area contributed by atoms with Crippen molar-refractivity contribution < 1.29 is 13.6 Å². The van der Waals surface area contributed by atoms with Crippen LogP contribution in [0.4, 0.5) is 8.78 Å². The summed E-state index contributed by atoms with van der Waals surface area (Å²) in [5.41, 5.74) is 1.83. The van der Waals surface area contributed by atoms with Crippen LogP contribution in [0.1, 0.15) is 12.8 Å². The molecule has 0 heterocycles. The zero-order valence-corrected chi connectivity index (χ0v) is 5.23. The summed E-state index contributed by atoms with van der Waals surface area (Å²) in [5.74, 6) is 1.01. The Balaban J connectivity index is 2.33. The summed E-state index contributed by atoms with van der Waals surface area (Å²) in [6, 6.07) is 0. The fourth-order valence-corrected chi connectivity index (χ4v) is 0.964. The molecule has 0 radical (unpaired) electrons. The Labute approximate surface area is 56.5 Å². The van der Waals surface area contributed by atoms with Gasteiger partial charge in [0.05, 0.1) is 5.92 Å². The molecule has 10 heavy (non-hydrogen) atoms. The predicted molar refractivity (Wildman–Crippen MR) is 30.0 cm³/mol. The van der Waals surface area contributed by atoms with E-state index in [1.807, 2.05) is 5.43 Å². The number of hydrogen-bond donors (Lipinski definition) is 2. The maximum Gasteiger partial charge on any atom is 0.249 e. The summed E-state index contributed by atoms with van der Waals surface area (Å²) in [5, 5.41) is 0. The van der Waals surface area contributed by atoms with Gasteiger partial charge in [-0.25, -0.2) is 14.6 Å². The fourth-order valence-electron chi connectivity index (χ4n) is 0.964. The first-order chi connectivity index (χ1) is 4.55. The van der Waals surface area contributed by atoms with Gasteiger partial charge >= 0.3 is 0 Å². The summed E-state index contributed by atoms with van der Waals surface area (Å²) in [7, 11) is 0. The van der Waals surface area contributed by atoms with Gasteiger partial charge < -0.3 is 0 Å². The maximum atomic E-state index is 12.1. The Morgan fingerprint density at radius 1 is 1.60 bits per heavy atom. The third-order valence-corrected chi connectivity index (χ3v) is 1.60. The standard InChI is InChI=1S/C5H8F2N2O/c6-5(7)1-3(2-5)4(10)9-8/h3H,1-2,8H2,(H,9,10). The summed E-state index contributed by atoms with van der Waals surface area (Å²) >= 11 is 0. The number of amides is 1. The van der Waals surface area contributed by atoms with Crippen molar-refractivity contribution in [1.29, 1.82) is 0 Å². The second-order valence-corrected chi connectivity index (χ2v) is 2.47. The van der Waals surface area contributed by atoms with Crippen LogP contribution >= 0.6 is 0 Å². The molecule has 1 aliphatic carbocycles. The van der Waals surface area contributed by atoms with Gasteiger partial charge in [0.15, 0.2) is 0 Å². The van der Waals surface area contributed by atoms with Crippen LogP contribution in [-0.2, 0) is 4.79 Å².